The Morgan fingerprint density at radius 1 is 0.871 bits per heavy atom. The van der Waals surface area contributed by atoms with E-state index in [1.807, 2.05) is 104 Å². The lowest BCUT2D eigenvalue weighted by molar-refractivity contribution is -0.438. The molecule has 334 valence electrons. The summed E-state index contributed by atoms with van der Waals surface area (Å²) in [6, 6.07) is 12.2. The number of hydrogen-bond acceptors (Lipinski definition) is 9. The molecule has 3 aliphatic rings. The van der Waals surface area contributed by atoms with Crippen molar-refractivity contribution in [2.75, 3.05) is 24.6 Å². The van der Waals surface area contributed by atoms with Crippen LogP contribution in [0.2, 0.25) is 0 Å². The topological polar surface area (TPSA) is 219 Å². The number of aliphatic imine (C=N–C) groups is 1. The lowest BCUT2D eigenvalue weighted by Gasteiger charge is -2.29. The highest BCUT2D eigenvalue weighted by Gasteiger charge is 2.45. The first-order valence-corrected chi connectivity index (χ1v) is 25.1. The molecule has 5 rings (SSSR count). The molecule has 0 fully saturated rings. The molecule has 0 atom stereocenters. The second kappa shape index (κ2) is 19.5. The Hall–Kier alpha value is -4.49. The molecule has 0 aromatic heterocycles. The number of amidine groups is 1. The number of allylic oxidation sites excluding steroid dienone is 10. The highest BCUT2D eigenvalue weighted by Crippen LogP contribution is 2.46. The van der Waals surface area contributed by atoms with Gasteiger partial charge in [-0.25, -0.2) is 4.99 Å². The fourth-order valence-corrected chi connectivity index (χ4v) is 9.63. The number of nitrogens with zero attached hydrogens (tertiary/aromatic N) is 3. The Balaban J connectivity index is 1.53. The van der Waals surface area contributed by atoms with E-state index in [0.29, 0.717) is 60.9 Å². The molecule has 3 heterocycles. The van der Waals surface area contributed by atoms with Crippen molar-refractivity contribution < 1.29 is 53.4 Å². The third-order valence-corrected chi connectivity index (χ3v) is 13.7. The fraction of sp³-hybridized carbons (Fsp3) is 0.386. The van der Waals surface area contributed by atoms with Gasteiger partial charge in [0.05, 0.1) is 32.5 Å². The molecule has 0 bridgehead atoms. The van der Waals surface area contributed by atoms with Crippen LogP contribution in [0.25, 0.3) is 5.57 Å². The van der Waals surface area contributed by atoms with Crippen molar-refractivity contribution in [3.63, 3.8) is 0 Å². The van der Waals surface area contributed by atoms with Gasteiger partial charge in [-0.15, -0.1) is 0 Å². The summed E-state index contributed by atoms with van der Waals surface area (Å²) in [5, 5.41) is 9.71. The SMILES string of the molecule is CC1(C)C2=CC(Cl)=CN(CCCCS(=O)(=O)O)C2=N/C1=C/C=C/C(=C/C=C/C1=[N+](CCCCS(=O)(=O)O)c2ccc(S(=O)(=O)O)cc2C1(C)C)c1cccc(CCCC(=O)O)c1. The molecular formula is C44H53ClN3O11S3+. The Morgan fingerprint density at radius 2 is 1.56 bits per heavy atom. The van der Waals surface area contributed by atoms with E-state index in [4.69, 9.17) is 21.1 Å². The highest BCUT2D eigenvalue weighted by atomic mass is 35.5. The molecule has 4 N–H and O–H groups in total. The third-order valence-electron chi connectivity index (χ3n) is 11.0. The molecule has 0 unspecified atom stereocenters. The van der Waals surface area contributed by atoms with E-state index in [9.17, 15) is 44.3 Å². The van der Waals surface area contributed by atoms with Gasteiger partial charge in [0.25, 0.3) is 30.4 Å². The van der Waals surface area contributed by atoms with Crippen molar-refractivity contribution in [2.45, 2.75) is 83.0 Å². The molecule has 2 aromatic rings. The van der Waals surface area contributed by atoms with Crippen LogP contribution in [0, 0.1) is 5.41 Å². The average Bonchev–Trinajstić information content (AvgIpc) is 3.53. The van der Waals surface area contributed by atoms with E-state index in [2.05, 4.69) is 0 Å². The Labute approximate surface area is 369 Å². The number of fused-ring (bicyclic) bond motifs is 2. The zero-order valence-electron chi connectivity index (χ0n) is 35.0. The second-order valence-corrected chi connectivity index (χ2v) is 21.5. The molecule has 0 saturated heterocycles. The molecule has 62 heavy (non-hydrogen) atoms. The zero-order chi connectivity index (χ0) is 45.7. The monoisotopic (exact) mass is 930 g/mol. The van der Waals surface area contributed by atoms with Crippen molar-refractivity contribution in [3.8, 4) is 0 Å². The van der Waals surface area contributed by atoms with Gasteiger partial charge >= 0.3 is 5.97 Å². The van der Waals surface area contributed by atoms with E-state index in [0.717, 1.165) is 33.7 Å². The maximum absolute atomic E-state index is 12.1. The van der Waals surface area contributed by atoms with E-state index in [-0.39, 0.29) is 29.9 Å². The number of hydrogen-bond donors (Lipinski definition) is 4. The van der Waals surface area contributed by atoms with Gasteiger partial charge in [0.2, 0.25) is 5.69 Å². The van der Waals surface area contributed by atoms with Crippen LogP contribution in [0.15, 0.2) is 117 Å². The fourth-order valence-electron chi connectivity index (χ4n) is 7.76. The molecule has 3 aliphatic heterocycles. The number of aliphatic carboxylic acids is 1. The Bertz CT molecular complexity index is 2690. The summed E-state index contributed by atoms with van der Waals surface area (Å²) >= 11 is 6.54. The second-order valence-electron chi connectivity index (χ2n) is 16.5. The van der Waals surface area contributed by atoms with Crippen LogP contribution >= 0.6 is 11.6 Å². The highest BCUT2D eigenvalue weighted by molar-refractivity contribution is 7.86. The number of carboxylic acids is 1. The number of benzene rings is 2. The first-order valence-electron chi connectivity index (χ1n) is 20.1. The minimum atomic E-state index is -4.50. The van der Waals surface area contributed by atoms with Crippen LogP contribution in [0.4, 0.5) is 5.69 Å². The standard InChI is InChI=1S/C44H52ClN3O11S3/c1-43(2)37-28-34(45)30-47(23-5-7-25-60(51,52)53)42(37)46-39(43)18-11-15-32(33-17-9-13-31(27-33)14-10-20-41(49)50)16-12-19-40-44(3,4)36-29-35(62(57,58)59)21-22-38(36)48(40)24-6-8-26-61(54,55)56/h9,11-13,15-19,21-22,27-30H,5-8,10,14,20,23-26H2,1-4H3,(H3-,49,50,51,52,53,54,55,56,57,58,59)/p+1. The van der Waals surface area contributed by atoms with Crippen LogP contribution in [0.5, 0.6) is 0 Å². The lowest BCUT2D eigenvalue weighted by Crippen LogP contribution is -2.32. The van der Waals surface area contributed by atoms with E-state index >= 15 is 0 Å². The number of rotatable bonds is 20. The third kappa shape index (κ3) is 12.6. The molecule has 0 aliphatic carbocycles. The van der Waals surface area contributed by atoms with E-state index in [1.165, 1.54) is 12.1 Å². The molecule has 0 amide bonds. The van der Waals surface area contributed by atoms with Gasteiger partial charge in [0.15, 0.2) is 5.71 Å². The molecular weight excluding hydrogens is 878 g/mol. The van der Waals surface area contributed by atoms with Crippen LogP contribution in [-0.4, -0.2) is 95.6 Å². The molecule has 2 aromatic carbocycles. The zero-order valence-corrected chi connectivity index (χ0v) is 38.2. The largest absolute Gasteiger partial charge is 0.481 e. The van der Waals surface area contributed by atoms with Gasteiger partial charge < -0.3 is 10.0 Å². The summed E-state index contributed by atoms with van der Waals surface area (Å²) in [5.74, 6) is -0.919. The smallest absolute Gasteiger partial charge is 0.303 e. The number of aryl methyl sites for hydroxylation is 1. The maximum Gasteiger partial charge on any atom is 0.303 e. The quantitative estimate of drug-likeness (QED) is 0.0431. The van der Waals surface area contributed by atoms with Crippen molar-refractivity contribution >= 4 is 70.7 Å². The summed E-state index contributed by atoms with van der Waals surface area (Å²) in [7, 11) is -12.7. The first-order chi connectivity index (χ1) is 28.9. The van der Waals surface area contributed by atoms with Crippen LogP contribution in [0.3, 0.4) is 0 Å². The van der Waals surface area contributed by atoms with Gasteiger partial charge in [-0.2, -0.15) is 29.8 Å². The molecule has 18 heteroatoms. The van der Waals surface area contributed by atoms with Crippen molar-refractivity contribution in [1.29, 1.82) is 0 Å². The molecule has 0 radical (unpaired) electrons. The number of unbranched alkanes of at least 4 members (excludes halogenated alkanes) is 2. The predicted octanol–water partition coefficient (Wildman–Crippen LogP) is 7.89. The Morgan fingerprint density at radius 3 is 2.23 bits per heavy atom. The molecule has 0 saturated carbocycles. The van der Waals surface area contributed by atoms with Gasteiger partial charge in [-0.1, -0.05) is 74.0 Å². The van der Waals surface area contributed by atoms with Crippen LogP contribution in [0.1, 0.15) is 82.9 Å². The van der Waals surface area contributed by atoms with Crippen molar-refractivity contribution in [1.82, 2.24) is 4.90 Å². The van der Waals surface area contributed by atoms with Crippen molar-refractivity contribution in [3.05, 3.63) is 124 Å². The van der Waals surface area contributed by atoms with Gasteiger partial charge in [-0.05, 0) is 86.9 Å². The summed E-state index contributed by atoms with van der Waals surface area (Å²) in [4.78, 5) is 17.9. The normalized spacial score (nSPS) is 18.4. The summed E-state index contributed by atoms with van der Waals surface area (Å²) in [5.41, 5.74) is 5.09. The van der Waals surface area contributed by atoms with Crippen LogP contribution in [-0.2, 0) is 47.0 Å². The van der Waals surface area contributed by atoms with E-state index < -0.39 is 52.9 Å². The van der Waals surface area contributed by atoms with Gasteiger partial charge in [0, 0.05) is 54.3 Å². The summed E-state index contributed by atoms with van der Waals surface area (Å²) in [6.07, 6.45) is 17.4. The first kappa shape index (κ1) is 48.5. The minimum Gasteiger partial charge on any atom is -0.481 e. The van der Waals surface area contributed by atoms with Crippen LogP contribution < -0.4 is 0 Å². The minimum absolute atomic E-state index is 0.0371. The summed E-state index contributed by atoms with van der Waals surface area (Å²) in [6.45, 7) is 8.72. The number of carboxylic acid groups (broad SMARTS) is 1. The summed E-state index contributed by atoms with van der Waals surface area (Å²) < 4.78 is 100.0. The lowest BCUT2D eigenvalue weighted by atomic mass is 9.81. The number of halogens is 1. The van der Waals surface area contributed by atoms with Gasteiger partial charge in [-0.3, -0.25) is 18.5 Å². The predicted molar refractivity (Wildman–Crippen MR) is 242 cm³/mol. The average molecular weight is 932 g/mol. The molecule has 14 nitrogen and oxygen atoms in total. The maximum atomic E-state index is 12.1. The molecule has 0 spiro atoms. The van der Waals surface area contributed by atoms with Gasteiger partial charge in [0.1, 0.15) is 12.4 Å². The number of carbonyl (C=O) groups is 1. The Kier molecular flexibility index (Phi) is 15.3. The van der Waals surface area contributed by atoms with Crippen molar-refractivity contribution in [2.24, 2.45) is 10.4 Å². The van der Waals surface area contributed by atoms with E-state index in [1.54, 1.807) is 12.3 Å².